The van der Waals surface area contributed by atoms with E-state index >= 15 is 0 Å². The van der Waals surface area contributed by atoms with Gasteiger partial charge >= 0.3 is 0 Å². The van der Waals surface area contributed by atoms with Crippen molar-refractivity contribution in [2.75, 3.05) is 5.32 Å². The molecule has 0 bridgehead atoms. The number of hydrogen-bond donors (Lipinski definition) is 2. The Hall–Kier alpha value is -1.06. The maximum atomic E-state index is 4.06. The molecule has 1 aliphatic rings. The predicted octanol–water partition coefficient (Wildman–Crippen LogP) is 1.50. The van der Waals surface area contributed by atoms with Crippen LogP contribution in [0.5, 0.6) is 0 Å². The summed E-state index contributed by atoms with van der Waals surface area (Å²) in [5, 5.41) is 11.2. The van der Waals surface area contributed by atoms with E-state index < -0.39 is 0 Å². The lowest BCUT2D eigenvalue weighted by molar-refractivity contribution is 0.876. The van der Waals surface area contributed by atoms with Gasteiger partial charge in [-0.15, -0.1) is 10.2 Å². The highest BCUT2D eigenvalue weighted by molar-refractivity contribution is 5.25. The van der Waals surface area contributed by atoms with Gasteiger partial charge in [-0.1, -0.05) is 0 Å². The van der Waals surface area contributed by atoms with Gasteiger partial charge in [0, 0.05) is 12.0 Å². The quantitative estimate of drug-likeness (QED) is 0.715. The summed E-state index contributed by atoms with van der Waals surface area (Å²) in [6, 6.07) is 0.407. The molecular formula is C8H14N4. The van der Waals surface area contributed by atoms with Crippen molar-refractivity contribution in [1.29, 1.82) is 0 Å². The van der Waals surface area contributed by atoms with Gasteiger partial charge in [0.05, 0.1) is 0 Å². The molecule has 0 unspecified atom stereocenters. The third-order valence-electron chi connectivity index (χ3n) is 1.89. The van der Waals surface area contributed by atoms with Gasteiger partial charge in [-0.05, 0) is 26.7 Å². The second-order valence-electron chi connectivity index (χ2n) is 3.63. The fraction of sp³-hybridized carbons (Fsp3) is 0.750. The van der Waals surface area contributed by atoms with Gasteiger partial charge in [0.15, 0.2) is 0 Å². The standard InChI is InChI=1S/C8H14N4/c1-5(2)9-8-10-7(11-12-8)6-3-4-6/h5-6H,3-4H2,1-2H3,(H2,9,10,11,12). The largest absolute Gasteiger partial charge is 0.352 e. The maximum absolute atomic E-state index is 4.06. The zero-order valence-corrected chi connectivity index (χ0v) is 7.46. The minimum atomic E-state index is 0.407. The van der Waals surface area contributed by atoms with Crippen molar-refractivity contribution >= 4 is 5.95 Å². The zero-order chi connectivity index (χ0) is 8.55. The predicted molar refractivity (Wildman–Crippen MR) is 47.1 cm³/mol. The van der Waals surface area contributed by atoms with E-state index in [0.717, 1.165) is 11.8 Å². The van der Waals surface area contributed by atoms with E-state index in [2.05, 4.69) is 34.3 Å². The molecule has 0 radical (unpaired) electrons. The Morgan fingerprint density at radius 1 is 1.42 bits per heavy atom. The molecule has 0 saturated heterocycles. The molecule has 12 heavy (non-hydrogen) atoms. The molecule has 4 nitrogen and oxygen atoms in total. The summed E-state index contributed by atoms with van der Waals surface area (Å²) >= 11 is 0. The Balaban J connectivity index is 2.03. The summed E-state index contributed by atoms with van der Waals surface area (Å²) in [5.74, 6) is 2.49. The molecule has 1 saturated carbocycles. The summed E-state index contributed by atoms with van der Waals surface area (Å²) in [6.45, 7) is 4.17. The highest BCUT2D eigenvalue weighted by Gasteiger charge is 2.27. The van der Waals surface area contributed by atoms with Gasteiger partial charge in [-0.25, -0.2) is 0 Å². The van der Waals surface area contributed by atoms with Crippen LogP contribution in [0.2, 0.25) is 0 Å². The molecule has 0 spiro atoms. The summed E-state index contributed by atoms with van der Waals surface area (Å²) < 4.78 is 0. The van der Waals surface area contributed by atoms with Crippen LogP contribution in [0.4, 0.5) is 5.95 Å². The lowest BCUT2D eigenvalue weighted by Crippen LogP contribution is -2.10. The van der Waals surface area contributed by atoms with Crippen LogP contribution < -0.4 is 5.32 Å². The summed E-state index contributed by atoms with van der Waals surface area (Å²) in [5.41, 5.74) is 0. The Bertz CT molecular complexity index is 262. The second-order valence-corrected chi connectivity index (χ2v) is 3.63. The Morgan fingerprint density at radius 3 is 2.75 bits per heavy atom. The van der Waals surface area contributed by atoms with E-state index in [9.17, 15) is 0 Å². The average Bonchev–Trinajstić information content (AvgIpc) is 2.73. The molecular weight excluding hydrogens is 152 g/mol. The van der Waals surface area contributed by atoms with Gasteiger partial charge in [0.1, 0.15) is 5.82 Å². The Morgan fingerprint density at radius 2 is 2.17 bits per heavy atom. The van der Waals surface area contributed by atoms with Gasteiger partial charge in [0.25, 0.3) is 0 Å². The van der Waals surface area contributed by atoms with E-state index in [4.69, 9.17) is 0 Å². The number of rotatable bonds is 3. The number of hydrogen-bond acceptors (Lipinski definition) is 3. The molecule has 0 atom stereocenters. The third kappa shape index (κ3) is 1.57. The molecule has 1 heterocycles. The van der Waals surface area contributed by atoms with E-state index in [1.54, 1.807) is 0 Å². The van der Waals surface area contributed by atoms with Crippen LogP contribution in [-0.2, 0) is 0 Å². The first kappa shape index (κ1) is 7.58. The van der Waals surface area contributed by atoms with Crippen LogP contribution in [0.1, 0.15) is 38.4 Å². The van der Waals surface area contributed by atoms with Crippen LogP contribution in [0.15, 0.2) is 0 Å². The Labute approximate surface area is 71.8 Å². The van der Waals surface area contributed by atoms with Crippen LogP contribution in [0, 0.1) is 0 Å². The Kier molecular flexibility index (Phi) is 1.75. The number of anilines is 1. The molecule has 1 aliphatic carbocycles. The molecule has 4 heteroatoms. The highest BCUT2D eigenvalue weighted by atomic mass is 15.3. The van der Waals surface area contributed by atoms with Crippen molar-refractivity contribution in [2.24, 2.45) is 0 Å². The number of nitrogens with one attached hydrogen (secondary N) is 2. The smallest absolute Gasteiger partial charge is 0.222 e. The van der Waals surface area contributed by atoms with Crippen molar-refractivity contribution in [3.05, 3.63) is 5.82 Å². The molecule has 0 amide bonds. The van der Waals surface area contributed by atoms with E-state index in [1.807, 2.05) is 0 Å². The minimum absolute atomic E-state index is 0.407. The molecule has 0 aromatic carbocycles. The minimum Gasteiger partial charge on any atom is -0.352 e. The molecule has 0 aliphatic heterocycles. The molecule has 2 N–H and O–H groups in total. The molecule has 66 valence electrons. The van der Waals surface area contributed by atoms with Crippen molar-refractivity contribution in [1.82, 2.24) is 15.2 Å². The maximum Gasteiger partial charge on any atom is 0.222 e. The second kappa shape index (κ2) is 2.77. The van der Waals surface area contributed by atoms with Crippen molar-refractivity contribution < 1.29 is 0 Å². The van der Waals surface area contributed by atoms with Crippen LogP contribution in [-0.4, -0.2) is 21.2 Å². The van der Waals surface area contributed by atoms with Gasteiger partial charge < -0.3 is 10.3 Å². The fourth-order valence-electron chi connectivity index (χ4n) is 1.15. The molecule has 1 fully saturated rings. The topological polar surface area (TPSA) is 53.6 Å². The monoisotopic (exact) mass is 166 g/mol. The number of aromatic amines is 1. The zero-order valence-electron chi connectivity index (χ0n) is 7.46. The molecule has 1 aromatic heterocycles. The van der Waals surface area contributed by atoms with Gasteiger partial charge in [-0.3, -0.25) is 0 Å². The van der Waals surface area contributed by atoms with Gasteiger partial charge in [-0.2, -0.15) is 0 Å². The van der Waals surface area contributed by atoms with Crippen LogP contribution >= 0.6 is 0 Å². The number of nitrogens with zero attached hydrogens (tertiary/aromatic N) is 2. The van der Waals surface area contributed by atoms with E-state index in [1.165, 1.54) is 12.8 Å². The molecule has 2 rings (SSSR count). The third-order valence-corrected chi connectivity index (χ3v) is 1.89. The van der Waals surface area contributed by atoms with Crippen LogP contribution in [0.25, 0.3) is 0 Å². The van der Waals surface area contributed by atoms with Crippen molar-refractivity contribution in [3.8, 4) is 0 Å². The first-order valence-corrected chi connectivity index (χ1v) is 4.45. The fourth-order valence-corrected chi connectivity index (χ4v) is 1.15. The lowest BCUT2D eigenvalue weighted by Gasteiger charge is -2.03. The van der Waals surface area contributed by atoms with E-state index in [-0.39, 0.29) is 0 Å². The van der Waals surface area contributed by atoms with Gasteiger partial charge in [0.2, 0.25) is 5.95 Å². The number of H-pyrrole nitrogens is 1. The number of aromatic nitrogens is 3. The lowest BCUT2D eigenvalue weighted by atomic mass is 10.4. The van der Waals surface area contributed by atoms with E-state index in [0.29, 0.717) is 12.0 Å². The average molecular weight is 166 g/mol. The van der Waals surface area contributed by atoms with Crippen molar-refractivity contribution in [3.63, 3.8) is 0 Å². The summed E-state index contributed by atoms with van der Waals surface area (Å²) in [7, 11) is 0. The van der Waals surface area contributed by atoms with Crippen molar-refractivity contribution in [2.45, 2.75) is 38.6 Å². The highest BCUT2D eigenvalue weighted by Crippen LogP contribution is 2.38. The first-order valence-electron chi connectivity index (χ1n) is 4.45. The normalized spacial score (nSPS) is 16.9. The molecule has 1 aromatic rings. The van der Waals surface area contributed by atoms with Crippen LogP contribution in [0.3, 0.4) is 0 Å². The SMILES string of the molecule is CC(C)Nc1nnc(C2CC2)[nH]1. The first-order chi connectivity index (χ1) is 5.75. The summed E-state index contributed by atoms with van der Waals surface area (Å²) in [6.07, 6.45) is 2.52. The summed E-state index contributed by atoms with van der Waals surface area (Å²) in [4.78, 5) is 3.17.